The first kappa shape index (κ1) is 19.5. The predicted octanol–water partition coefficient (Wildman–Crippen LogP) is 4.10. The van der Waals surface area contributed by atoms with Crippen LogP contribution in [0.4, 0.5) is 10.1 Å². The van der Waals surface area contributed by atoms with E-state index in [0.717, 1.165) is 5.56 Å². The Labute approximate surface area is 166 Å². The van der Waals surface area contributed by atoms with Crippen LogP contribution in [0.1, 0.15) is 26.4 Å². The quantitative estimate of drug-likeness (QED) is 0.657. The second kappa shape index (κ2) is 9.10. The Bertz CT molecular complexity index is 993. The maximum Gasteiger partial charge on any atom is 0.274 e. The molecule has 0 aliphatic rings. The Kier molecular flexibility index (Phi) is 6.34. The van der Waals surface area contributed by atoms with Crippen LogP contribution in [0, 0.1) is 5.82 Å². The van der Waals surface area contributed by atoms with E-state index in [-0.39, 0.29) is 11.6 Å². The van der Waals surface area contributed by atoms with Crippen LogP contribution < -0.4 is 10.6 Å². The van der Waals surface area contributed by atoms with Gasteiger partial charge >= 0.3 is 0 Å². The van der Waals surface area contributed by atoms with E-state index in [4.69, 9.17) is 11.6 Å². The highest BCUT2D eigenvalue weighted by atomic mass is 35.5. The zero-order valence-electron chi connectivity index (χ0n) is 14.8. The predicted molar refractivity (Wildman–Crippen MR) is 106 cm³/mol. The van der Waals surface area contributed by atoms with Gasteiger partial charge in [-0.05, 0) is 60.5 Å². The smallest absolute Gasteiger partial charge is 0.274 e. The molecule has 7 heteroatoms. The summed E-state index contributed by atoms with van der Waals surface area (Å²) >= 11 is 5.94. The lowest BCUT2D eigenvalue weighted by atomic mass is 10.1. The molecule has 2 amide bonds. The second-order valence-corrected chi connectivity index (χ2v) is 6.46. The number of carbonyl (C=O) groups excluding carboxylic acids is 2. The fourth-order valence-corrected chi connectivity index (χ4v) is 2.75. The zero-order chi connectivity index (χ0) is 19.9. The number of pyridine rings is 1. The highest BCUT2D eigenvalue weighted by Crippen LogP contribution is 2.12. The minimum absolute atomic E-state index is 0.0896. The van der Waals surface area contributed by atoms with Crippen molar-refractivity contribution in [3.8, 4) is 0 Å². The van der Waals surface area contributed by atoms with E-state index in [2.05, 4.69) is 15.6 Å². The number of nitrogens with one attached hydrogen (secondary N) is 2. The number of rotatable bonds is 6. The second-order valence-electron chi connectivity index (χ2n) is 6.03. The molecule has 0 aliphatic carbocycles. The van der Waals surface area contributed by atoms with Gasteiger partial charge < -0.3 is 10.6 Å². The molecule has 28 heavy (non-hydrogen) atoms. The van der Waals surface area contributed by atoms with Crippen molar-refractivity contribution >= 4 is 29.1 Å². The lowest BCUT2D eigenvalue weighted by Crippen LogP contribution is -2.26. The van der Waals surface area contributed by atoms with Gasteiger partial charge in [0.15, 0.2) is 0 Å². The third-order valence-corrected chi connectivity index (χ3v) is 4.18. The number of nitrogens with zero attached hydrogens (tertiary/aromatic N) is 1. The van der Waals surface area contributed by atoms with E-state index in [1.807, 2.05) is 18.2 Å². The summed E-state index contributed by atoms with van der Waals surface area (Å²) in [7, 11) is 0. The Balaban J connectivity index is 1.59. The van der Waals surface area contributed by atoms with Crippen molar-refractivity contribution in [1.82, 2.24) is 10.3 Å². The molecule has 0 fully saturated rings. The summed E-state index contributed by atoms with van der Waals surface area (Å²) in [5.74, 6) is -1.19. The largest absolute Gasteiger partial charge is 0.352 e. The van der Waals surface area contributed by atoms with Gasteiger partial charge in [-0.1, -0.05) is 23.7 Å². The zero-order valence-corrected chi connectivity index (χ0v) is 15.5. The molecule has 3 rings (SSSR count). The summed E-state index contributed by atoms with van der Waals surface area (Å²) in [6.45, 7) is 0.429. The number of hydrogen-bond donors (Lipinski definition) is 2. The molecular weight excluding hydrogens is 381 g/mol. The molecular formula is C21H17ClFN3O2. The number of hydrogen-bond acceptors (Lipinski definition) is 3. The Morgan fingerprint density at radius 1 is 1.00 bits per heavy atom. The SMILES string of the molecule is O=C(NCCc1cccc(Cl)c1)c1ccnc(C(=O)Nc2ccc(F)cc2)c1. The van der Waals surface area contributed by atoms with E-state index >= 15 is 0 Å². The highest BCUT2D eigenvalue weighted by Gasteiger charge is 2.12. The van der Waals surface area contributed by atoms with Gasteiger partial charge in [-0.2, -0.15) is 0 Å². The lowest BCUT2D eigenvalue weighted by molar-refractivity contribution is 0.0954. The van der Waals surface area contributed by atoms with Crippen LogP contribution in [0.15, 0.2) is 66.9 Å². The molecule has 0 radical (unpaired) electrons. The molecule has 0 unspecified atom stereocenters. The topological polar surface area (TPSA) is 71.1 Å². The van der Waals surface area contributed by atoms with Crippen molar-refractivity contribution in [3.05, 3.63) is 94.5 Å². The van der Waals surface area contributed by atoms with E-state index < -0.39 is 11.7 Å². The third-order valence-electron chi connectivity index (χ3n) is 3.95. The number of benzene rings is 2. The minimum atomic E-state index is -0.486. The summed E-state index contributed by atoms with van der Waals surface area (Å²) in [5, 5.41) is 6.06. The standard InChI is InChI=1S/C21H17ClFN3O2/c22-16-3-1-2-14(12-16)8-10-25-20(27)15-9-11-24-19(13-15)21(28)26-18-6-4-17(23)5-7-18/h1-7,9,11-13H,8,10H2,(H,25,27)(H,26,28). The van der Waals surface area contributed by atoms with Crippen LogP contribution in [-0.4, -0.2) is 23.3 Å². The van der Waals surface area contributed by atoms with E-state index in [1.165, 1.54) is 42.6 Å². The fraction of sp³-hybridized carbons (Fsp3) is 0.0952. The summed E-state index contributed by atoms with van der Waals surface area (Å²) in [6.07, 6.45) is 2.03. The van der Waals surface area contributed by atoms with Crippen molar-refractivity contribution < 1.29 is 14.0 Å². The van der Waals surface area contributed by atoms with Crippen molar-refractivity contribution in [2.24, 2.45) is 0 Å². The van der Waals surface area contributed by atoms with Gasteiger partial charge in [-0.25, -0.2) is 4.39 Å². The van der Waals surface area contributed by atoms with Crippen LogP contribution in [-0.2, 0) is 6.42 Å². The van der Waals surface area contributed by atoms with Crippen molar-refractivity contribution in [2.75, 3.05) is 11.9 Å². The first-order valence-electron chi connectivity index (χ1n) is 8.57. The van der Waals surface area contributed by atoms with Crippen LogP contribution >= 0.6 is 11.6 Å². The number of amides is 2. The number of carbonyl (C=O) groups is 2. The van der Waals surface area contributed by atoms with Gasteiger partial charge in [-0.3, -0.25) is 14.6 Å². The van der Waals surface area contributed by atoms with E-state index in [1.54, 1.807) is 6.07 Å². The number of anilines is 1. The molecule has 2 aromatic carbocycles. The van der Waals surface area contributed by atoms with Crippen LogP contribution in [0.25, 0.3) is 0 Å². The molecule has 0 bridgehead atoms. The molecule has 0 saturated heterocycles. The summed E-state index contributed by atoms with van der Waals surface area (Å²) in [5.41, 5.74) is 1.86. The molecule has 0 saturated carbocycles. The lowest BCUT2D eigenvalue weighted by Gasteiger charge is -2.08. The Morgan fingerprint density at radius 2 is 1.79 bits per heavy atom. The molecule has 0 atom stereocenters. The fourth-order valence-electron chi connectivity index (χ4n) is 2.54. The Hall–Kier alpha value is -3.25. The average Bonchev–Trinajstić information content (AvgIpc) is 2.70. The van der Waals surface area contributed by atoms with Gasteiger partial charge in [0, 0.05) is 29.0 Å². The summed E-state index contributed by atoms with van der Waals surface area (Å²) in [4.78, 5) is 28.6. The Morgan fingerprint density at radius 3 is 2.54 bits per heavy atom. The first-order valence-corrected chi connectivity index (χ1v) is 8.95. The normalized spacial score (nSPS) is 10.4. The third kappa shape index (κ3) is 5.37. The van der Waals surface area contributed by atoms with Gasteiger partial charge in [0.05, 0.1) is 0 Å². The molecule has 0 aliphatic heterocycles. The van der Waals surface area contributed by atoms with Gasteiger partial charge in [-0.15, -0.1) is 0 Å². The van der Waals surface area contributed by atoms with Gasteiger partial charge in [0.2, 0.25) is 0 Å². The maximum atomic E-state index is 12.9. The molecule has 142 valence electrons. The number of aromatic nitrogens is 1. The highest BCUT2D eigenvalue weighted by molar-refractivity contribution is 6.30. The van der Waals surface area contributed by atoms with E-state index in [9.17, 15) is 14.0 Å². The monoisotopic (exact) mass is 397 g/mol. The van der Waals surface area contributed by atoms with Crippen LogP contribution in [0.3, 0.4) is 0 Å². The molecule has 2 N–H and O–H groups in total. The van der Waals surface area contributed by atoms with E-state index in [0.29, 0.717) is 29.2 Å². The molecule has 1 heterocycles. The molecule has 0 spiro atoms. The average molecular weight is 398 g/mol. The molecule has 5 nitrogen and oxygen atoms in total. The summed E-state index contributed by atoms with van der Waals surface area (Å²) in [6, 6.07) is 15.7. The van der Waals surface area contributed by atoms with Gasteiger partial charge in [0.1, 0.15) is 11.5 Å². The van der Waals surface area contributed by atoms with Crippen molar-refractivity contribution in [1.29, 1.82) is 0 Å². The maximum absolute atomic E-state index is 12.9. The first-order chi connectivity index (χ1) is 13.5. The van der Waals surface area contributed by atoms with Crippen molar-refractivity contribution in [2.45, 2.75) is 6.42 Å². The summed E-state index contributed by atoms with van der Waals surface area (Å²) < 4.78 is 12.9. The minimum Gasteiger partial charge on any atom is -0.352 e. The number of halogens is 2. The van der Waals surface area contributed by atoms with Crippen LogP contribution in [0.2, 0.25) is 5.02 Å². The van der Waals surface area contributed by atoms with Gasteiger partial charge in [0.25, 0.3) is 11.8 Å². The van der Waals surface area contributed by atoms with Crippen molar-refractivity contribution in [3.63, 3.8) is 0 Å². The molecule has 3 aromatic rings. The van der Waals surface area contributed by atoms with Crippen LogP contribution in [0.5, 0.6) is 0 Å². The molecule has 1 aromatic heterocycles.